The molecule has 2 saturated heterocycles. The quantitative estimate of drug-likeness (QED) is 0.344. The Balaban J connectivity index is 1.53. The molecule has 0 bridgehead atoms. The number of benzene rings is 2. The number of aromatic amines is 1. The Morgan fingerprint density at radius 3 is 2.63 bits per heavy atom. The molecule has 3 N–H and O–H groups in total. The summed E-state index contributed by atoms with van der Waals surface area (Å²) in [6.07, 6.45) is 1.33. The van der Waals surface area contributed by atoms with Crippen LogP contribution in [-0.2, 0) is 4.79 Å². The molecule has 0 radical (unpaired) electrons. The van der Waals surface area contributed by atoms with E-state index in [4.69, 9.17) is 27.3 Å². The number of hydrogen-bond acceptors (Lipinski definition) is 8. The minimum Gasteiger partial charge on any atom is -0.382 e. The van der Waals surface area contributed by atoms with Gasteiger partial charge in [0.15, 0.2) is 11.6 Å². The van der Waals surface area contributed by atoms with Crippen molar-refractivity contribution in [2.75, 3.05) is 62.4 Å². The van der Waals surface area contributed by atoms with Crippen LogP contribution in [0.1, 0.15) is 12.5 Å². The fraction of sp³-hybridized carbons (Fsp3) is 0.379. The average molecular weight is 578 g/mol. The number of carbonyl (C=O) groups is 1. The molecular weight excluding hydrogens is 545 g/mol. The number of aryl methyl sites for hydroxylation is 1. The molecule has 0 unspecified atom stereocenters. The summed E-state index contributed by atoms with van der Waals surface area (Å²) in [6.45, 7) is 10.5. The van der Waals surface area contributed by atoms with E-state index in [1.54, 1.807) is 11.0 Å². The number of piperazine rings is 1. The molecule has 12 heteroatoms. The van der Waals surface area contributed by atoms with Gasteiger partial charge in [-0.25, -0.2) is 9.37 Å². The third-order valence-electron chi connectivity index (χ3n) is 8.33. The lowest BCUT2D eigenvalue weighted by molar-refractivity contribution is -0.128. The highest BCUT2D eigenvalue weighted by Gasteiger charge is 2.34. The van der Waals surface area contributed by atoms with Gasteiger partial charge in [-0.3, -0.25) is 9.89 Å². The minimum absolute atomic E-state index is 0.0891. The van der Waals surface area contributed by atoms with Crippen molar-refractivity contribution < 1.29 is 9.18 Å². The van der Waals surface area contributed by atoms with Crippen molar-refractivity contribution in [2.45, 2.75) is 25.9 Å². The highest BCUT2D eigenvalue weighted by atomic mass is 35.5. The predicted octanol–water partition coefficient (Wildman–Crippen LogP) is 3.83. The molecule has 214 valence electrons. The van der Waals surface area contributed by atoms with Crippen LogP contribution in [0.4, 0.5) is 22.0 Å². The van der Waals surface area contributed by atoms with Crippen molar-refractivity contribution >= 4 is 56.9 Å². The molecule has 10 nitrogen and oxygen atoms in total. The van der Waals surface area contributed by atoms with E-state index < -0.39 is 5.82 Å². The van der Waals surface area contributed by atoms with Gasteiger partial charge >= 0.3 is 0 Å². The lowest BCUT2D eigenvalue weighted by atomic mass is 9.94. The first-order valence-electron chi connectivity index (χ1n) is 13.6. The van der Waals surface area contributed by atoms with E-state index in [-0.39, 0.29) is 33.9 Å². The third kappa shape index (κ3) is 4.43. The van der Waals surface area contributed by atoms with E-state index in [2.05, 4.69) is 31.5 Å². The first kappa shape index (κ1) is 27.2. The van der Waals surface area contributed by atoms with Gasteiger partial charge in [-0.2, -0.15) is 10.1 Å². The number of nitrogens with two attached hydrogens (primary N) is 1. The number of carbonyl (C=O) groups excluding carboxylic acids is 1. The van der Waals surface area contributed by atoms with Crippen LogP contribution in [-0.4, -0.2) is 94.8 Å². The Hall–Kier alpha value is -3.96. The summed E-state index contributed by atoms with van der Waals surface area (Å²) < 4.78 is 16.8. The molecule has 2 aliphatic rings. The van der Waals surface area contributed by atoms with E-state index in [9.17, 15) is 4.79 Å². The van der Waals surface area contributed by atoms with Crippen molar-refractivity contribution in [3.05, 3.63) is 47.3 Å². The van der Waals surface area contributed by atoms with E-state index in [1.807, 2.05) is 40.1 Å². The summed E-state index contributed by atoms with van der Waals surface area (Å²) in [7, 11) is 4.08. The summed E-state index contributed by atoms with van der Waals surface area (Å²) in [5.41, 5.74) is 8.73. The van der Waals surface area contributed by atoms with Crippen molar-refractivity contribution in [3.8, 4) is 11.1 Å². The van der Waals surface area contributed by atoms with Crippen LogP contribution < -0.4 is 15.5 Å². The van der Waals surface area contributed by atoms with E-state index in [0.29, 0.717) is 59.3 Å². The van der Waals surface area contributed by atoms with Gasteiger partial charge in [0.25, 0.3) is 0 Å². The number of fused-ring (bicyclic) bond motifs is 2. The molecular formula is C29H33ClFN9O. The van der Waals surface area contributed by atoms with Crippen LogP contribution in [0.5, 0.6) is 0 Å². The fourth-order valence-corrected chi connectivity index (χ4v) is 6.17. The molecule has 1 amide bonds. The molecule has 0 aliphatic carbocycles. The number of amides is 1. The lowest BCUT2D eigenvalue weighted by Gasteiger charge is -2.43. The maximum absolute atomic E-state index is 16.8. The number of likely N-dealkylation sites (N-methyl/N-ethyl adjacent to an activating group) is 1. The van der Waals surface area contributed by atoms with Gasteiger partial charge in [0.1, 0.15) is 11.3 Å². The average Bonchev–Trinajstić information content (AvgIpc) is 3.28. The van der Waals surface area contributed by atoms with Crippen molar-refractivity contribution in [2.24, 2.45) is 0 Å². The molecule has 0 saturated carbocycles. The summed E-state index contributed by atoms with van der Waals surface area (Å²) in [5, 5.41) is 8.42. The van der Waals surface area contributed by atoms with Crippen LogP contribution in [0.15, 0.2) is 30.9 Å². The maximum Gasteiger partial charge on any atom is 0.246 e. The summed E-state index contributed by atoms with van der Waals surface area (Å²) in [6, 6.07) is 5.77. The lowest BCUT2D eigenvalue weighted by Crippen LogP contribution is -2.58. The molecule has 0 spiro atoms. The van der Waals surface area contributed by atoms with Gasteiger partial charge in [-0.1, -0.05) is 24.2 Å². The van der Waals surface area contributed by atoms with E-state index in [0.717, 1.165) is 18.7 Å². The van der Waals surface area contributed by atoms with Crippen LogP contribution in [0, 0.1) is 12.7 Å². The molecule has 2 aliphatic heterocycles. The minimum atomic E-state index is -0.535. The molecule has 41 heavy (non-hydrogen) atoms. The summed E-state index contributed by atoms with van der Waals surface area (Å²) >= 11 is 6.89. The SMILES string of the molecule is C=CC(=O)N1CCN(c2nc(N3CC(N(C)C)C3)nc3c(F)c(-c4c(C)ccc5[nH]nc(N)c45)c(Cl)cc23)C[C@H]1C. The van der Waals surface area contributed by atoms with Crippen molar-refractivity contribution in [3.63, 3.8) is 0 Å². The first-order chi connectivity index (χ1) is 19.6. The van der Waals surface area contributed by atoms with Crippen LogP contribution >= 0.6 is 11.6 Å². The maximum atomic E-state index is 16.8. The molecule has 4 aromatic rings. The first-order valence-corrected chi connectivity index (χ1v) is 14.0. The van der Waals surface area contributed by atoms with Crippen LogP contribution in [0.3, 0.4) is 0 Å². The zero-order chi connectivity index (χ0) is 29.2. The second kappa shape index (κ2) is 10.1. The molecule has 4 heterocycles. The second-order valence-corrected chi connectivity index (χ2v) is 11.5. The summed E-state index contributed by atoms with van der Waals surface area (Å²) in [5.74, 6) is 0.692. The number of rotatable bonds is 5. The third-order valence-corrected chi connectivity index (χ3v) is 8.63. The number of anilines is 3. The number of nitrogens with zero attached hydrogens (tertiary/aromatic N) is 7. The highest BCUT2D eigenvalue weighted by Crippen LogP contribution is 2.43. The van der Waals surface area contributed by atoms with Gasteiger partial charge in [-0.15, -0.1) is 0 Å². The number of nitrogens with one attached hydrogen (secondary N) is 1. The Morgan fingerprint density at radius 2 is 1.95 bits per heavy atom. The Bertz CT molecular complexity index is 1700. The van der Waals surface area contributed by atoms with Gasteiger partial charge < -0.3 is 25.3 Å². The molecule has 2 aromatic heterocycles. The monoisotopic (exact) mass is 577 g/mol. The van der Waals surface area contributed by atoms with Crippen molar-refractivity contribution in [1.29, 1.82) is 0 Å². The highest BCUT2D eigenvalue weighted by molar-refractivity contribution is 6.35. The zero-order valence-electron chi connectivity index (χ0n) is 23.6. The largest absolute Gasteiger partial charge is 0.382 e. The molecule has 6 rings (SSSR count). The van der Waals surface area contributed by atoms with Crippen LogP contribution in [0.25, 0.3) is 32.9 Å². The zero-order valence-corrected chi connectivity index (χ0v) is 24.3. The number of halogens is 2. The van der Waals surface area contributed by atoms with Gasteiger partial charge in [0.05, 0.1) is 15.9 Å². The Kier molecular flexibility index (Phi) is 6.74. The number of nitrogen functional groups attached to an aromatic ring is 1. The predicted molar refractivity (Wildman–Crippen MR) is 162 cm³/mol. The molecule has 2 fully saturated rings. The Labute approximate surface area is 242 Å². The van der Waals surface area contributed by atoms with Crippen LogP contribution in [0.2, 0.25) is 5.02 Å². The number of hydrogen-bond donors (Lipinski definition) is 2. The van der Waals surface area contributed by atoms with Crippen molar-refractivity contribution in [1.82, 2.24) is 30.0 Å². The standard InChI is InChI=1S/C29H33ClFN9O/c1-6-21(41)40-10-9-38(12-16(40)3)28-18-11-19(30)23(22-15(2)7-8-20-24(22)27(32)36-35-20)25(31)26(18)33-29(34-28)39-13-17(14-39)37(4)5/h6-8,11,16-17H,1,9-10,12-14H2,2-5H3,(H3,32,35,36)/t16-/m1/s1. The normalized spacial score (nSPS) is 18.0. The van der Waals surface area contributed by atoms with E-state index in [1.165, 1.54) is 6.08 Å². The second-order valence-electron chi connectivity index (χ2n) is 11.1. The van der Waals surface area contributed by atoms with Gasteiger partial charge in [0.2, 0.25) is 11.9 Å². The number of H-pyrrole nitrogens is 1. The molecule has 2 aromatic carbocycles. The smallest absolute Gasteiger partial charge is 0.246 e. The molecule has 1 atom stereocenters. The summed E-state index contributed by atoms with van der Waals surface area (Å²) in [4.78, 5) is 30.2. The van der Waals surface area contributed by atoms with E-state index >= 15 is 4.39 Å². The Morgan fingerprint density at radius 1 is 1.20 bits per heavy atom. The fourth-order valence-electron chi connectivity index (χ4n) is 5.88. The number of aromatic nitrogens is 4. The topological polar surface area (TPSA) is 111 Å². The van der Waals surface area contributed by atoms with Gasteiger partial charge in [-0.05, 0) is 51.7 Å². The van der Waals surface area contributed by atoms with Gasteiger partial charge in [0, 0.05) is 61.3 Å².